The monoisotopic (exact) mass is 376 g/mol. The van der Waals surface area contributed by atoms with Crippen molar-refractivity contribution in [1.82, 2.24) is 4.90 Å². The minimum Gasteiger partial charge on any atom is -0.497 e. The average Bonchev–Trinajstić information content (AvgIpc) is 2.62. The van der Waals surface area contributed by atoms with E-state index in [0.29, 0.717) is 18.2 Å². The highest BCUT2D eigenvalue weighted by atomic mass is 35.5. The second-order valence-electron chi connectivity index (χ2n) is 6.11. The van der Waals surface area contributed by atoms with Crippen LogP contribution in [0.3, 0.4) is 0 Å². The number of carbonyl (C=O) groups is 1. The van der Waals surface area contributed by atoms with Crippen LogP contribution >= 0.6 is 11.6 Å². The van der Waals surface area contributed by atoms with E-state index in [1.54, 1.807) is 31.4 Å². The first kappa shape index (κ1) is 18.5. The smallest absolute Gasteiger partial charge is 0.238 e. The fourth-order valence-electron chi connectivity index (χ4n) is 2.84. The minimum atomic E-state index is -0.0992. The fraction of sp³-hybridized carbons (Fsp3) is 0.316. The van der Waals surface area contributed by atoms with Gasteiger partial charge in [-0.25, -0.2) is 0 Å². The Morgan fingerprint density at radius 3 is 2.81 bits per heavy atom. The topological polar surface area (TPSA) is 60.0 Å². The van der Waals surface area contributed by atoms with Crippen LogP contribution in [0.4, 0.5) is 5.69 Å². The van der Waals surface area contributed by atoms with Gasteiger partial charge in [-0.1, -0.05) is 11.6 Å². The molecule has 0 aromatic heterocycles. The van der Waals surface area contributed by atoms with Gasteiger partial charge in [0.25, 0.3) is 0 Å². The van der Waals surface area contributed by atoms with Crippen molar-refractivity contribution < 1.29 is 19.0 Å². The summed E-state index contributed by atoms with van der Waals surface area (Å²) in [4.78, 5) is 14.2. The second-order valence-corrected chi connectivity index (χ2v) is 6.55. The summed E-state index contributed by atoms with van der Waals surface area (Å²) in [5.74, 6) is 1.44. The number of hydrogen-bond donors (Lipinski definition) is 1. The van der Waals surface area contributed by atoms with Crippen molar-refractivity contribution in [3.63, 3.8) is 0 Å². The van der Waals surface area contributed by atoms with Crippen molar-refractivity contribution in [3.8, 4) is 11.5 Å². The maximum Gasteiger partial charge on any atom is 0.238 e. The number of likely N-dealkylation sites (N-methyl/N-ethyl adjacent to an activating group) is 1. The van der Waals surface area contributed by atoms with E-state index in [2.05, 4.69) is 5.32 Å². The first-order valence-corrected chi connectivity index (χ1v) is 8.57. The molecule has 3 rings (SSSR count). The Labute approximate surface area is 157 Å². The van der Waals surface area contributed by atoms with Crippen LogP contribution in [-0.4, -0.2) is 38.3 Å². The van der Waals surface area contributed by atoms with E-state index < -0.39 is 0 Å². The predicted octanol–water partition coefficient (Wildman–Crippen LogP) is 3.29. The number of nitrogens with zero attached hydrogens (tertiary/aromatic N) is 1. The van der Waals surface area contributed by atoms with E-state index in [9.17, 15) is 4.79 Å². The number of rotatable bonds is 6. The maximum absolute atomic E-state index is 12.3. The van der Waals surface area contributed by atoms with E-state index in [-0.39, 0.29) is 19.2 Å². The number of hydrogen-bond acceptors (Lipinski definition) is 5. The van der Waals surface area contributed by atoms with Gasteiger partial charge in [0, 0.05) is 28.4 Å². The molecule has 0 aliphatic carbocycles. The first-order valence-electron chi connectivity index (χ1n) is 8.19. The van der Waals surface area contributed by atoms with E-state index in [0.717, 1.165) is 28.3 Å². The molecule has 2 aromatic rings. The molecule has 0 unspecified atom stereocenters. The Balaban J connectivity index is 1.60. The molecule has 1 aliphatic heterocycles. The van der Waals surface area contributed by atoms with Crippen molar-refractivity contribution >= 4 is 23.2 Å². The largest absolute Gasteiger partial charge is 0.497 e. The van der Waals surface area contributed by atoms with Crippen molar-refractivity contribution in [2.45, 2.75) is 13.2 Å². The minimum absolute atomic E-state index is 0.0992. The fourth-order valence-corrected chi connectivity index (χ4v) is 3.10. The van der Waals surface area contributed by atoms with E-state index >= 15 is 0 Å². The molecule has 6 nitrogen and oxygen atoms in total. The number of ether oxygens (including phenoxy) is 3. The molecule has 0 saturated carbocycles. The standard InChI is InChI=1S/C19H21ClN2O4/c1-22(10-18(23)21-16-3-5-17(24-2)6-4-16)9-13-7-15(20)8-14-11-25-12-26-19(13)14/h3-8H,9-12H2,1-2H3,(H,21,23). The lowest BCUT2D eigenvalue weighted by molar-refractivity contribution is -0.117. The van der Waals surface area contributed by atoms with Crippen molar-refractivity contribution in [3.05, 3.63) is 52.5 Å². The molecule has 7 heteroatoms. The third kappa shape index (κ3) is 4.66. The summed E-state index contributed by atoms with van der Waals surface area (Å²) in [6.07, 6.45) is 0. The maximum atomic E-state index is 12.3. The molecule has 0 spiro atoms. The van der Waals surface area contributed by atoms with Crippen LogP contribution in [0, 0.1) is 0 Å². The number of anilines is 1. The van der Waals surface area contributed by atoms with Gasteiger partial charge in [0.15, 0.2) is 6.79 Å². The number of methoxy groups -OCH3 is 1. The van der Waals surface area contributed by atoms with Crippen molar-refractivity contribution in [1.29, 1.82) is 0 Å². The normalized spacial score (nSPS) is 13.1. The Kier molecular flexibility index (Phi) is 5.98. The lowest BCUT2D eigenvalue weighted by atomic mass is 10.1. The zero-order valence-electron chi connectivity index (χ0n) is 14.8. The van der Waals surface area contributed by atoms with E-state index in [4.69, 9.17) is 25.8 Å². The quantitative estimate of drug-likeness (QED) is 0.838. The molecular formula is C19H21ClN2O4. The lowest BCUT2D eigenvalue weighted by Gasteiger charge is -2.23. The summed E-state index contributed by atoms with van der Waals surface area (Å²) in [6, 6.07) is 10.9. The highest BCUT2D eigenvalue weighted by molar-refractivity contribution is 6.30. The molecule has 0 saturated heterocycles. The molecule has 0 radical (unpaired) electrons. The summed E-state index contributed by atoms with van der Waals surface area (Å²) in [6.45, 7) is 1.48. The number of benzene rings is 2. The molecule has 1 amide bonds. The van der Waals surface area contributed by atoms with Gasteiger partial charge in [-0.15, -0.1) is 0 Å². The van der Waals surface area contributed by atoms with Crippen molar-refractivity contribution in [2.24, 2.45) is 0 Å². The summed E-state index contributed by atoms with van der Waals surface area (Å²) in [7, 11) is 3.48. The van der Waals surface area contributed by atoms with Gasteiger partial charge >= 0.3 is 0 Å². The zero-order chi connectivity index (χ0) is 18.5. The Morgan fingerprint density at radius 2 is 2.08 bits per heavy atom. The van der Waals surface area contributed by atoms with Crippen molar-refractivity contribution in [2.75, 3.05) is 32.8 Å². The summed E-state index contributed by atoms with van der Waals surface area (Å²) in [5.41, 5.74) is 2.59. The summed E-state index contributed by atoms with van der Waals surface area (Å²) in [5, 5.41) is 3.50. The van der Waals surface area contributed by atoms with Crippen LogP contribution in [0.15, 0.2) is 36.4 Å². The SMILES string of the molecule is COc1ccc(NC(=O)CN(C)Cc2cc(Cl)cc3c2OCOC3)cc1. The van der Waals surface area contributed by atoms with Crippen LogP contribution in [0.1, 0.15) is 11.1 Å². The molecule has 0 atom stereocenters. The van der Waals surface area contributed by atoms with Crippen LogP contribution in [0.5, 0.6) is 11.5 Å². The third-order valence-corrected chi connectivity index (χ3v) is 4.20. The molecule has 1 heterocycles. The van der Waals surface area contributed by atoms with Gasteiger partial charge in [-0.05, 0) is 43.4 Å². The number of amides is 1. The highest BCUT2D eigenvalue weighted by Crippen LogP contribution is 2.32. The van der Waals surface area contributed by atoms with Crippen LogP contribution in [0.25, 0.3) is 0 Å². The third-order valence-electron chi connectivity index (χ3n) is 3.98. The highest BCUT2D eigenvalue weighted by Gasteiger charge is 2.18. The predicted molar refractivity (Wildman–Crippen MR) is 99.7 cm³/mol. The number of fused-ring (bicyclic) bond motifs is 1. The molecule has 138 valence electrons. The lowest BCUT2D eigenvalue weighted by Crippen LogP contribution is -2.30. The van der Waals surface area contributed by atoms with Crippen LogP contribution in [-0.2, 0) is 22.7 Å². The molecule has 1 aliphatic rings. The number of nitrogens with one attached hydrogen (secondary N) is 1. The van der Waals surface area contributed by atoms with Gasteiger partial charge < -0.3 is 19.5 Å². The number of halogens is 1. The molecule has 0 bridgehead atoms. The van der Waals surface area contributed by atoms with Gasteiger partial charge in [0.1, 0.15) is 11.5 Å². The van der Waals surface area contributed by atoms with E-state index in [1.165, 1.54) is 0 Å². The Bertz CT molecular complexity index is 780. The molecule has 0 fully saturated rings. The molecule has 2 aromatic carbocycles. The van der Waals surface area contributed by atoms with Crippen LogP contribution < -0.4 is 14.8 Å². The second kappa shape index (κ2) is 8.40. The molecular weight excluding hydrogens is 356 g/mol. The van der Waals surface area contributed by atoms with Gasteiger partial charge in [0.2, 0.25) is 5.91 Å². The van der Waals surface area contributed by atoms with Gasteiger partial charge in [-0.2, -0.15) is 0 Å². The summed E-state index contributed by atoms with van der Waals surface area (Å²) >= 11 is 6.18. The summed E-state index contributed by atoms with van der Waals surface area (Å²) < 4.78 is 16.0. The Morgan fingerprint density at radius 1 is 1.31 bits per heavy atom. The first-order chi connectivity index (χ1) is 12.5. The van der Waals surface area contributed by atoms with Gasteiger partial charge in [0.05, 0.1) is 20.3 Å². The zero-order valence-corrected chi connectivity index (χ0v) is 15.5. The Hall–Kier alpha value is -2.28. The van der Waals surface area contributed by atoms with Gasteiger partial charge in [-0.3, -0.25) is 9.69 Å². The molecule has 1 N–H and O–H groups in total. The molecule has 26 heavy (non-hydrogen) atoms. The van der Waals surface area contributed by atoms with Crippen LogP contribution in [0.2, 0.25) is 5.02 Å². The van der Waals surface area contributed by atoms with E-state index in [1.807, 2.05) is 24.1 Å². The average molecular weight is 377 g/mol. The number of carbonyl (C=O) groups excluding carboxylic acids is 1.